The molecule has 2 aliphatic rings. The molecule has 2 aromatic carbocycles. The summed E-state index contributed by atoms with van der Waals surface area (Å²) in [5.74, 6) is -0.692. The molecule has 0 saturated heterocycles. The third kappa shape index (κ3) is 6.89. The predicted octanol–water partition coefficient (Wildman–Crippen LogP) is 6.16. The van der Waals surface area contributed by atoms with Crippen LogP contribution in [0.2, 0.25) is 10.0 Å². The van der Waals surface area contributed by atoms with Crippen LogP contribution in [0.4, 0.5) is 11.4 Å². The van der Waals surface area contributed by atoms with Gasteiger partial charge >= 0.3 is 0 Å². The van der Waals surface area contributed by atoms with Gasteiger partial charge in [0.05, 0.1) is 16.9 Å². The lowest BCUT2D eigenvalue weighted by molar-refractivity contribution is -0.437. The SMILES string of the molecule is CC1(C)C(=CC=CC2=[N+](CCCS(=O)(=O)O)c3ccc(Cl)cc3C2(C)C)N(CCCS(=O)(=O)O)c2ccc(Cl)cc21. The molecule has 0 spiro atoms. The average molecular weight is 643 g/mol. The van der Waals surface area contributed by atoms with E-state index in [1.807, 2.05) is 42.5 Å². The van der Waals surface area contributed by atoms with Crippen LogP contribution in [0, 0.1) is 0 Å². The molecular weight excluding hydrogens is 607 g/mol. The number of anilines is 1. The van der Waals surface area contributed by atoms with E-state index in [-0.39, 0.29) is 24.3 Å². The van der Waals surface area contributed by atoms with Crippen molar-refractivity contribution < 1.29 is 30.5 Å². The fourth-order valence-electron chi connectivity index (χ4n) is 5.82. The van der Waals surface area contributed by atoms with E-state index < -0.39 is 31.1 Å². The highest BCUT2D eigenvalue weighted by Crippen LogP contribution is 2.49. The van der Waals surface area contributed by atoms with Crippen LogP contribution in [-0.2, 0) is 31.1 Å². The van der Waals surface area contributed by atoms with Gasteiger partial charge in [0.1, 0.15) is 6.54 Å². The molecule has 12 heteroatoms. The van der Waals surface area contributed by atoms with Crippen LogP contribution in [0.1, 0.15) is 51.7 Å². The molecular formula is C29H35Cl2N2O6S2+. The zero-order valence-electron chi connectivity index (χ0n) is 23.4. The van der Waals surface area contributed by atoms with Crippen molar-refractivity contribution in [3.63, 3.8) is 0 Å². The maximum Gasteiger partial charge on any atom is 0.265 e. The maximum atomic E-state index is 11.4. The monoisotopic (exact) mass is 641 g/mol. The average Bonchev–Trinajstić information content (AvgIpc) is 3.16. The Balaban J connectivity index is 1.74. The molecule has 0 fully saturated rings. The summed E-state index contributed by atoms with van der Waals surface area (Å²) in [5.41, 5.74) is 4.88. The summed E-state index contributed by atoms with van der Waals surface area (Å²) in [6, 6.07) is 11.3. The summed E-state index contributed by atoms with van der Waals surface area (Å²) >= 11 is 12.7. The topological polar surface area (TPSA) is 115 Å². The number of nitrogens with zero attached hydrogens (tertiary/aromatic N) is 2. The lowest BCUT2D eigenvalue weighted by atomic mass is 9.81. The van der Waals surface area contributed by atoms with E-state index in [9.17, 15) is 25.9 Å². The Morgan fingerprint density at radius 3 is 2.07 bits per heavy atom. The Labute approximate surface area is 252 Å². The molecule has 0 aromatic heterocycles. The van der Waals surface area contributed by atoms with Crippen LogP contribution in [0.3, 0.4) is 0 Å². The van der Waals surface area contributed by atoms with E-state index in [2.05, 4.69) is 37.2 Å². The number of hydrogen-bond acceptors (Lipinski definition) is 5. The smallest absolute Gasteiger partial charge is 0.265 e. The minimum atomic E-state index is -4.09. The van der Waals surface area contributed by atoms with Crippen molar-refractivity contribution in [2.24, 2.45) is 0 Å². The summed E-state index contributed by atoms with van der Waals surface area (Å²) in [6.45, 7) is 9.08. The van der Waals surface area contributed by atoms with E-state index in [0.29, 0.717) is 23.1 Å². The second kappa shape index (κ2) is 11.5. The van der Waals surface area contributed by atoms with Crippen LogP contribution >= 0.6 is 23.2 Å². The minimum absolute atomic E-state index is 0.236. The van der Waals surface area contributed by atoms with E-state index in [1.165, 1.54) is 0 Å². The van der Waals surface area contributed by atoms with Gasteiger partial charge in [0, 0.05) is 57.5 Å². The van der Waals surface area contributed by atoms with E-state index in [0.717, 1.165) is 33.9 Å². The standard InChI is InChI=1S/C29H34Cl2N2O6S2/c1-28(2)22-18-20(30)10-12-24(22)32(14-6-16-40(34,35)36)26(28)8-5-9-27-29(3,4)23-19-21(31)11-13-25(23)33(27)15-7-17-41(37,38)39/h5,8-13,18-19H,6-7,14-17H2,1-4H3,(H-,34,35,36,37,38,39)/p+1. The number of rotatable bonds is 10. The molecule has 0 unspecified atom stereocenters. The molecule has 8 nitrogen and oxygen atoms in total. The summed E-state index contributed by atoms with van der Waals surface area (Å²) in [6.07, 6.45) is 6.41. The van der Waals surface area contributed by atoms with Crippen LogP contribution in [0.25, 0.3) is 0 Å². The summed E-state index contributed by atoms with van der Waals surface area (Å²) in [5, 5.41) is 1.21. The molecule has 2 aliphatic heterocycles. The molecule has 0 bridgehead atoms. The number of halogens is 2. The highest BCUT2D eigenvalue weighted by molar-refractivity contribution is 7.86. The molecule has 0 aliphatic carbocycles. The van der Waals surface area contributed by atoms with Gasteiger partial charge in [0.15, 0.2) is 5.71 Å². The first-order valence-electron chi connectivity index (χ1n) is 13.2. The van der Waals surface area contributed by atoms with Crippen LogP contribution in [-0.4, -0.2) is 60.8 Å². The van der Waals surface area contributed by atoms with Crippen LogP contribution in [0.5, 0.6) is 0 Å². The van der Waals surface area contributed by atoms with Crippen molar-refractivity contribution in [3.8, 4) is 0 Å². The van der Waals surface area contributed by atoms with Gasteiger partial charge in [0.25, 0.3) is 20.2 Å². The zero-order chi connectivity index (χ0) is 30.4. The van der Waals surface area contributed by atoms with Crippen molar-refractivity contribution in [2.75, 3.05) is 29.5 Å². The molecule has 0 radical (unpaired) electrons. The fraction of sp³-hybridized carbons (Fsp3) is 0.414. The molecule has 2 heterocycles. The number of fused-ring (bicyclic) bond motifs is 2. The quantitative estimate of drug-likeness (QED) is 0.236. The largest absolute Gasteiger partial charge is 0.344 e. The Morgan fingerprint density at radius 2 is 1.44 bits per heavy atom. The molecule has 0 atom stereocenters. The molecule has 0 amide bonds. The lowest BCUT2D eigenvalue weighted by Crippen LogP contribution is -2.29. The second-order valence-corrected chi connectivity index (χ2v) is 15.5. The van der Waals surface area contributed by atoms with Gasteiger partial charge in [-0.2, -0.15) is 21.4 Å². The van der Waals surface area contributed by atoms with Gasteiger partial charge in [-0.1, -0.05) is 43.1 Å². The van der Waals surface area contributed by atoms with Gasteiger partial charge in [-0.3, -0.25) is 9.11 Å². The first-order chi connectivity index (χ1) is 18.9. The Morgan fingerprint density at radius 1 is 0.854 bits per heavy atom. The van der Waals surface area contributed by atoms with Crippen LogP contribution in [0.15, 0.2) is 60.3 Å². The van der Waals surface area contributed by atoms with E-state index >= 15 is 0 Å². The maximum absolute atomic E-state index is 11.4. The number of hydrogen-bond donors (Lipinski definition) is 2. The Bertz CT molecular complexity index is 1680. The molecule has 2 aromatic rings. The molecule has 2 N–H and O–H groups in total. The van der Waals surface area contributed by atoms with Gasteiger partial charge < -0.3 is 4.90 Å². The zero-order valence-corrected chi connectivity index (χ0v) is 26.6. The van der Waals surface area contributed by atoms with Crippen molar-refractivity contribution in [2.45, 2.75) is 51.4 Å². The van der Waals surface area contributed by atoms with Crippen molar-refractivity contribution in [3.05, 3.63) is 81.5 Å². The highest BCUT2D eigenvalue weighted by Gasteiger charge is 2.44. The second-order valence-electron chi connectivity index (χ2n) is 11.5. The van der Waals surface area contributed by atoms with Gasteiger partial charge in [-0.25, -0.2) is 0 Å². The third-order valence-electron chi connectivity index (χ3n) is 7.78. The Kier molecular flexibility index (Phi) is 8.87. The number of allylic oxidation sites excluding steroid dienone is 4. The van der Waals surface area contributed by atoms with Gasteiger partial charge in [0.2, 0.25) is 5.69 Å². The van der Waals surface area contributed by atoms with Gasteiger partial charge in [-0.15, -0.1) is 0 Å². The molecule has 4 rings (SSSR count). The Hall–Kier alpha value is -2.21. The molecule has 222 valence electrons. The summed E-state index contributed by atoms with van der Waals surface area (Å²) in [7, 11) is -8.18. The summed E-state index contributed by atoms with van der Waals surface area (Å²) in [4.78, 5) is 2.06. The third-order valence-corrected chi connectivity index (χ3v) is 9.86. The van der Waals surface area contributed by atoms with Crippen LogP contribution < -0.4 is 4.90 Å². The lowest BCUT2D eigenvalue weighted by Gasteiger charge is -2.27. The van der Waals surface area contributed by atoms with Gasteiger partial charge in [-0.05, 0) is 62.2 Å². The fourth-order valence-corrected chi connectivity index (χ4v) is 7.15. The van der Waals surface area contributed by atoms with E-state index in [4.69, 9.17) is 23.2 Å². The van der Waals surface area contributed by atoms with Crippen molar-refractivity contribution in [1.82, 2.24) is 0 Å². The molecule has 41 heavy (non-hydrogen) atoms. The molecule has 0 saturated carbocycles. The highest BCUT2D eigenvalue weighted by atomic mass is 35.5. The summed E-state index contributed by atoms with van der Waals surface area (Å²) < 4.78 is 66.2. The van der Waals surface area contributed by atoms with E-state index in [1.54, 1.807) is 12.1 Å². The first kappa shape index (κ1) is 31.7. The van der Waals surface area contributed by atoms with Crippen molar-refractivity contribution in [1.29, 1.82) is 0 Å². The van der Waals surface area contributed by atoms with Crippen molar-refractivity contribution >= 4 is 60.5 Å². The number of benzene rings is 2. The minimum Gasteiger partial charge on any atom is -0.344 e. The predicted molar refractivity (Wildman–Crippen MR) is 165 cm³/mol. The first-order valence-corrected chi connectivity index (χ1v) is 17.2. The normalized spacial score (nSPS) is 18.9.